The Bertz CT molecular complexity index is 439. The smallest absolute Gasteiger partial charge is 0.0440 e. The highest BCUT2D eigenvalue weighted by molar-refractivity contribution is 6.31. The van der Waals surface area contributed by atoms with E-state index in [1.54, 1.807) is 0 Å². The third-order valence-electron chi connectivity index (χ3n) is 5.29. The van der Waals surface area contributed by atoms with Gasteiger partial charge in [0.2, 0.25) is 0 Å². The monoisotopic (exact) mass is 291 g/mol. The van der Waals surface area contributed by atoms with Gasteiger partial charge in [0, 0.05) is 17.1 Å². The third kappa shape index (κ3) is 3.20. The van der Waals surface area contributed by atoms with Gasteiger partial charge in [0.1, 0.15) is 0 Å². The lowest BCUT2D eigenvalue weighted by Gasteiger charge is -2.40. The summed E-state index contributed by atoms with van der Waals surface area (Å²) in [5.74, 6) is 1.51. The van der Waals surface area contributed by atoms with Crippen LogP contribution in [-0.4, -0.2) is 12.1 Å². The zero-order chi connectivity index (χ0) is 13.9. The van der Waals surface area contributed by atoms with E-state index in [0.29, 0.717) is 12.0 Å². The summed E-state index contributed by atoms with van der Waals surface area (Å²) in [4.78, 5) is 0. The molecule has 20 heavy (non-hydrogen) atoms. The molecular formula is C18H26ClN. The Hall–Kier alpha value is -0.530. The molecule has 0 amide bonds. The Balaban J connectivity index is 1.52. The van der Waals surface area contributed by atoms with Gasteiger partial charge < -0.3 is 5.32 Å². The van der Waals surface area contributed by atoms with Crippen molar-refractivity contribution in [2.45, 2.75) is 69.9 Å². The summed E-state index contributed by atoms with van der Waals surface area (Å²) in [5, 5.41) is 4.86. The molecule has 110 valence electrons. The molecule has 1 aromatic carbocycles. The Kier molecular flexibility index (Phi) is 4.68. The van der Waals surface area contributed by atoms with Crippen molar-refractivity contribution in [3.8, 4) is 0 Å². The van der Waals surface area contributed by atoms with Crippen LogP contribution in [0.2, 0.25) is 5.02 Å². The van der Waals surface area contributed by atoms with E-state index in [4.69, 9.17) is 11.6 Å². The third-order valence-corrected chi connectivity index (χ3v) is 5.64. The van der Waals surface area contributed by atoms with E-state index in [0.717, 1.165) is 17.0 Å². The number of nitrogens with one attached hydrogen (secondary N) is 1. The fourth-order valence-electron chi connectivity index (χ4n) is 3.86. The van der Waals surface area contributed by atoms with Crippen molar-refractivity contribution >= 4 is 11.6 Å². The number of rotatable bonds is 3. The van der Waals surface area contributed by atoms with E-state index < -0.39 is 0 Å². The average Bonchev–Trinajstić information content (AvgIpc) is 2.60. The van der Waals surface area contributed by atoms with Crippen LogP contribution in [-0.2, 0) is 0 Å². The van der Waals surface area contributed by atoms with E-state index in [2.05, 4.69) is 24.4 Å². The number of hydrogen-bond donors (Lipinski definition) is 1. The van der Waals surface area contributed by atoms with Gasteiger partial charge in [-0.25, -0.2) is 0 Å². The number of hydrogen-bond acceptors (Lipinski definition) is 1. The van der Waals surface area contributed by atoms with Gasteiger partial charge >= 0.3 is 0 Å². The molecule has 2 aliphatic rings. The second kappa shape index (κ2) is 6.49. The summed E-state index contributed by atoms with van der Waals surface area (Å²) in [6.45, 7) is 2.42. The lowest BCUT2D eigenvalue weighted by molar-refractivity contribution is 0.229. The summed E-state index contributed by atoms with van der Waals surface area (Å²) >= 11 is 6.30. The van der Waals surface area contributed by atoms with Crippen molar-refractivity contribution in [3.63, 3.8) is 0 Å². The Labute approximate surface area is 128 Å². The SMILES string of the molecule is CC1CCCCCC1NC1CC(c2ccccc2Cl)C1. The largest absolute Gasteiger partial charge is 0.311 e. The van der Waals surface area contributed by atoms with Crippen LogP contribution < -0.4 is 5.32 Å². The molecule has 2 unspecified atom stereocenters. The maximum Gasteiger partial charge on any atom is 0.0440 e. The van der Waals surface area contributed by atoms with Gasteiger partial charge in [-0.15, -0.1) is 0 Å². The first-order chi connectivity index (χ1) is 9.74. The first-order valence-corrected chi connectivity index (χ1v) is 8.62. The molecule has 3 rings (SSSR count). The van der Waals surface area contributed by atoms with Gasteiger partial charge in [-0.2, -0.15) is 0 Å². The van der Waals surface area contributed by atoms with E-state index in [9.17, 15) is 0 Å². The van der Waals surface area contributed by atoms with Crippen LogP contribution in [0.5, 0.6) is 0 Å². The normalized spacial score (nSPS) is 34.3. The summed E-state index contributed by atoms with van der Waals surface area (Å²) in [5.41, 5.74) is 1.35. The van der Waals surface area contributed by atoms with E-state index >= 15 is 0 Å². The molecule has 0 radical (unpaired) electrons. The van der Waals surface area contributed by atoms with Gasteiger partial charge in [0.05, 0.1) is 0 Å². The van der Waals surface area contributed by atoms with E-state index in [-0.39, 0.29) is 0 Å². The van der Waals surface area contributed by atoms with Crippen molar-refractivity contribution < 1.29 is 0 Å². The quantitative estimate of drug-likeness (QED) is 0.760. The summed E-state index contributed by atoms with van der Waals surface area (Å²) in [7, 11) is 0. The second-order valence-corrected chi connectivity index (χ2v) is 7.18. The molecule has 1 nitrogen and oxygen atoms in total. The molecule has 2 saturated carbocycles. The molecule has 2 fully saturated rings. The predicted octanol–water partition coefficient (Wildman–Crippen LogP) is 5.14. The van der Waals surface area contributed by atoms with Crippen LogP contribution in [0.1, 0.15) is 63.4 Å². The standard InChI is InChI=1S/C18H26ClN/c1-13-7-3-2-4-10-18(13)20-15-11-14(12-15)16-8-5-6-9-17(16)19/h5-6,8-9,13-15,18,20H,2-4,7,10-12H2,1H3. The van der Waals surface area contributed by atoms with E-state index in [1.165, 1.54) is 50.5 Å². The maximum absolute atomic E-state index is 6.30. The fourth-order valence-corrected chi connectivity index (χ4v) is 4.15. The lowest BCUT2D eigenvalue weighted by atomic mass is 9.75. The minimum Gasteiger partial charge on any atom is -0.311 e. The molecule has 1 N–H and O–H groups in total. The maximum atomic E-state index is 6.30. The Morgan fingerprint density at radius 3 is 2.60 bits per heavy atom. The van der Waals surface area contributed by atoms with Crippen LogP contribution in [0, 0.1) is 5.92 Å². The van der Waals surface area contributed by atoms with Crippen molar-refractivity contribution in [1.29, 1.82) is 0 Å². The molecular weight excluding hydrogens is 266 g/mol. The summed E-state index contributed by atoms with van der Waals surface area (Å²) < 4.78 is 0. The molecule has 0 bridgehead atoms. The molecule has 2 heteroatoms. The highest BCUT2D eigenvalue weighted by Gasteiger charge is 2.33. The molecule has 0 aromatic heterocycles. The van der Waals surface area contributed by atoms with Crippen LogP contribution in [0.4, 0.5) is 0 Å². The Morgan fingerprint density at radius 1 is 1.05 bits per heavy atom. The Morgan fingerprint density at radius 2 is 1.80 bits per heavy atom. The number of benzene rings is 1. The summed E-state index contributed by atoms with van der Waals surface area (Å²) in [6.07, 6.45) is 9.54. The van der Waals surface area contributed by atoms with Gasteiger partial charge in [-0.3, -0.25) is 0 Å². The highest BCUT2D eigenvalue weighted by Crippen LogP contribution is 2.40. The zero-order valence-corrected chi connectivity index (χ0v) is 13.2. The van der Waals surface area contributed by atoms with Crippen LogP contribution >= 0.6 is 11.6 Å². The van der Waals surface area contributed by atoms with E-state index in [1.807, 2.05) is 12.1 Å². The zero-order valence-electron chi connectivity index (χ0n) is 12.4. The van der Waals surface area contributed by atoms with Gasteiger partial charge in [-0.05, 0) is 49.1 Å². The van der Waals surface area contributed by atoms with Crippen molar-refractivity contribution in [1.82, 2.24) is 5.32 Å². The van der Waals surface area contributed by atoms with Gasteiger partial charge in [0.15, 0.2) is 0 Å². The molecule has 0 spiro atoms. The van der Waals surface area contributed by atoms with Gasteiger partial charge in [0.25, 0.3) is 0 Å². The molecule has 0 saturated heterocycles. The highest BCUT2D eigenvalue weighted by atomic mass is 35.5. The summed E-state index contributed by atoms with van der Waals surface area (Å²) in [6, 6.07) is 9.79. The second-order valence-electron chi connectivity index (χ2n) is 6.78. The van der Waals surface area contributed by atoms with Crippen molar-refractivity contribution in [2.75, 3.05) is 0 Å². The van der Waals surface area contributed by atoms with Crippen LogP contribution in [0.3, 0.4) is 0 Å². The molecule has 2 atom stereocenters. The molecule has 0 heterocycles. The van der Waals surface area contributed by atoms with Crippen molar-refractivity contribution in [3.05, 3.63) is 34.9 Å². The fraction of sp³-hybridized carbons (Fsp3) is 0.667. The minimum absolute atomic E-state index is 0.669. The number of halogens is 1. The predicted molar refractivity (Wildman–Crippen MR) is 86.4 cm³/mol. The molecule has 0 aliphatic heterocycles. The van der Waals surface area contributed by atoms with Crippen molar-refractivity contribution in [2.24, 2.45) is 5.92 Å². The topological polar surface area (TPSA) is 12.0 Å². The van der Waals surface area contributed by atoms with Crippen LogP contribution in [0.25, 0.3) is 0 Å². The average molecular weight is 292 g/mol. The lowest BCUT2D eigenvalue weighted by Crippen LogP contribution is -2.47. The first kappa shape index (κ1) is 14.4. The minimum atomic E-state index is 0.669. The van der Waals surface area contributed by atoms with Crippen LogP contribution in [0.15, 0.2) is 24.3 Å². The molecule has 2 aliphatic carbocycles. The molecule has 1 aromatic rings. The first-order valence-electron chi connectivity index (χ1n) is 8.24. The van der Waals surface area contributed by atoms with Gasteiger partial charge in [-0.1, -0.05) is 56.0 Å².